The van der Waals surface area contributed by atoms with Crippen molar-refractivity contribution in [2.24, 2.45) is 0 Å². The van der Waals surface area contributed by atoms with Crippen LogP contribution in [0.15, 0.2) is 91.0 Å². The molecule has 0 heterocycles. The molecule has 0 amide bonds. The number of hydrogen-bond acceptors (Lipinski definition) is 2. The number of hydrogen-bond donors (Lipinski definition) is 2. The van der Waals surface area contributed by atoms with Gasteiger partial charge < -0.3 is 10.2 Å². The molecular formula is C20H18O3. The fourth-order valence-electron chi connectivity index (χ4n) is 2.04. The fourth-order valence-corrected chi connectivity index (χ4v) is 2.04. The van der Waals surface area contributed by atoms with Gasteiger partial charge in [0.2, 0.25) is 0 Å². The largest absolute Gasteiger partial charge is 0.478 e. The molecule has 3 heteroatoms. The first-order valence-electron chi connectivity index (χ1n) is 7.25. The first-order valence-corrected chi connectivity index (χ1v) is 7.25. The third kappa shape index (κ3) is 5.09. The Balaban J connectivity index is 0.000000185. The van der Waals surface area contributed by atoms with Crippen molar-refractivity contribution < 1.29 is 15.0 Å². The number of aliphatic hydroxyl groups is 1. The Labute approximate surface area is 135 Å². The molecule has 23 heavy (non-hydrogen) atoms. The Morgan fingerprint density at radius 2 is 1.00 bits per heavy atom. The second kappa shape index (κ2) is 8.51. The van der Waals surface area contributed by atoms with Gasteiger partial charge in [-0.25, -0.2) is 4.79 Å². The van der Waals surface area contributed by atoms with Crippen molar-refractivity contribution in [3.8, 4) is 0 Å². The summed E-state index contributed by atoms with van der Waals surface area (Å²) in [6.45, 7) is 0. The molecule has 0 saturated heterocycles. The zero-order chi connectivity index (χ0) is 16.5. The minimum atomic E-state index is -0.879. The predicted octanol–water partition coefficient (Wildman–Crippen LogP) is 4.15. The van der Waals surface area contributed by atoms with E-state index in [0.717, 1.165) is 11.1 Å². The van der Waals surface area contributed by atoms with Gasteiger partial charge in [-0.3, -0.25) is 0 Å². The molecule has 0 aliphatic rings. The summed E-state index contributed by atoms with van der Waals surface area (Å²) in [6, 6.07) is 27.6. The Morgan fingerprint density at radius 3 is 1.30 bits per heavy atom. The van der Waals surface area contributed by atoms with E-state index in [1.807, 2.05) is 60.7 Å². The average molecular weight is 306 g/mol. The van der Waals surface area contributed by atoms with Gasteiger partial charge >= 0.3 is 5.97 Å². The van der Waals surface area contributed by atoms with Crippen LogP contribution in [0.5, 0.6) is 0 Å². The van der Waals surface area contributed by atoms with Gasteiger partial charge in [-0.2, -0.15) is 0 Å². The van der Waals surface area contributed by atoms with Crippen LogP contribution in [-0.2, 0) is 0 Å². The molecule has 3 aromatic carbocycles. The van der Waals surface area contributed by atoms with Gasteiger partial charge in [-0.05, 0) is 23.3 Å². The number of aliphatic hydroxyl groups excluding tert-OH is 1. The maximum absolute atomic E-state index is 10.2. The zero-order valence-corrected chi connectivity index (χ0v) is 12.5. The van der Waals surface area contributed by atoms with Gasteiger partial charge in [0, 0.05) is 0 Å². The normalized spacial score (nSPS) is 9.83. The number of carboxylic acids is 1. The number of rotatable bonds is 3. The standard InChI is InChI=1S/C13H12O.C7H6O2/c14-13(11-7-3-1-4-8-11)12-9-5-2-6-10-12;8-7(9)6-4-2-1-3-5-6/h1-10,13-14H;1-5H,(H,8,9). The second-order valence-electron chi connectivity index (χ2n) is 4.90. The highest BCUT2D eigenvalue weighted by molar-refractivity contribution is 5.87. The van der Waals surface area contributed by atoms with Gasteiger partial charge in [0.25, 0.3) is 0 Å². The van der Waals surface area contributed by atoms with Crippen LogP contribution >= 0.6 is 0 Å². The van der Waals surface area contributed by atoms with Crippen molar-refractivity contribution in [2.75, 3.05) is 0 Å². The molecule has 3 rings (SSSR count). The summed E-state index contributed by atoms with van der Waals surface area (Å²) in [5, 5.41) is 18.4. The number of benzene rings is 3. The molecular weight excluding hydrogens is 288 g/mol. The molecule has 116 valence electrons. The van der Waals surface area contributed by atoms with E-state index in [2.05, 4.69) is 0 Å². The molecule has 0 fully saturated rings. The molecule has 0 bridgehead atoms. The number of carbonyl (C=O) groups is 1. The minimum Gasteiger partial charge on any atom is -0.478 e. The van der Waals surface area contributed by atoms with Gasteiger partial charge in [0.15, 0.2) is 0 Å². The Bertz CT molecular complexity index is 670. The van der Waals surface area contributed by atoms with Crippen molar-refractivity contribution in [1.82, 2.24) is 0 Å². The second-order valence-corrected chi connectivity index (χ2v) is 4.90. The quantitative estimate of drug-likeness (QED) is 0.764. The van der Waals surface area contributed by atoms with Gasteiger partial charge in [0.05, 0.1) is 5.56 Å². The molecule has 0 saturated carbocycles. The molecule has 3 nitrogen and oxygen atoms in total. The Hall–Kier alpha value is -2.91. The highest BCUT2D eigenvalue weighted by Gasteiger charge is 2.07. The minimum absolute atomic E-state index is 0.331. The van der Waals surface area contributed by atoms with Crippen LogP contribution in [0.3, 0.4) is 0 Å². The van der Waals surface area contributed by atoms with Crippen LogP contribution in [-0.4, -0.2) is 16.2 Å². The van der Waals surface area contributed by atoms with Gasteiger partial charge in [0.1, 0.15) is 6.10 Å². The third-order valence-corrected chi connectivity index (χ3v) is 3.25. The Morgan fingerprint density at radius 1 is 0.652 bits per heavy atom. The van der Waals surface area contributed by atoms with Crippen LogP contribution < -0.4 is 0 Å². The summed E-state index contributed by atoms with van der Waals surface area (Å²) in [5.41, 5.74) is 2.19. The molecule has 2 N–H and O–H groups in total. The van der Waals surface area contributed by atoms with Crippen molar-refractivity contribution in [3.05, 3.63) is 108 Å². The maximum atomic E-state index is 10.2. The van der Waals surface area contributed by atoms with Crippen LogP contribution in [0.1, 0.15) is 27.6 Å². The summed E-state index contributed by atoms with van der Waals surface area (Å²) in [4.78, 5) is 10.2. The van der Waals surface area contributed by atoms with E-state index < -0.39 is 12.1 Å². The van der Waals surface area contributed by atoms with E-state index in [9.17, 15) is 9.90 Å². The van der Waals surface area contributed by atoms with E-state index in [-0.39, 0.29) is 0 Å². The van der Waals surface area contributed by atoms with Crippen LogP contribution in [0, 0.1) is 0 Å². The summed E-state index contributed by atoms with van der Waals surface area (Å²) < 4.78 is 0. The van der Waals surface area contributed by atoms with Crippen LogP contribution in [0.25, 0.3) is 0 Å². The SMILES string of the molecule is O=C(O)c1ccccc1.OC(c1ccccc1)c1ccccc1. The van der Waals surface area contributed by atoms with Crippen molar-refractivity contribution in [2.45, 2.75) is 6.10 Å². The van der Waals surface area contributed by atoms with Gasteiger partial charge in [-0.1, -0.05) is 78.9 Å². The van der Waals surface area contributed by atoms with Crippen molar-refractivity contribution in [3.63, 3.8) is 0 Å². The van der Waals surface area contributed by atoms with Crippen LogP contribution in [0.4, 0.5) is 0 Å². The van der Waals surface area contributed by atoms with E-state index in [0.29, 0.717) is 5.56 Å². The number of carboxylic acid groups (broad SMARTS) is 1. The van der Waals surface area contributed by atoms with Crippen LogP contribution in [0.2, 0.25) is 0 Å². The molecule has 0 unspecified atom stereocenters. The predicted molar refractivity (Wildman–Crippen MR) is 90.3 cm³/mol. The highest BCUT2D eigenvalue weighted by atomic mass is 16.4. The monoisotopic (exact) mass is 306 g/mol. The summed E-state index contributed by atoms with van der Waals surface area (Å²) in [5.74, 6) is -0.879. The average Bonchev–Trinajstić information content (AvgIpc) is 2.64. The molecule has 3 aromatic rings. The molecule has 0 aromatic heterocycles. The lowest BCUT2D eigenvalue weighted by molar-refractivity contribution is 0.0697. The molecule has 0 aliphatic heterocycles. The summed E-state index contributed by atoms with van der Waals surface area (Å²) >= 11 is 0. The summed E-state index contributed by atoms with van der Waals surface area (Å²) in [7, 11) is 0. The summed E-state index contributed by atoms with van der Waals surface area (Å²) in [6.07, 6.45) is -0.516. The first kappa shape index (κ1) is 16.5. The van der Waals surface area contributed by atoms with E-state index in [1.165, 1.54) is 0 Å². The maximum Gasteiger partial charge on any atom is 0.335 e. The lowest BCUT2D eigenvalue weighted by Gasteiger charge is -2.10. The van der Waals surface area contributed by atoms with E-state index in [1.54, 1.807) is 30.3 Å². The smallest absolute Gasteiger partial charge is 0.335 e. The van der Waals surface area contributed by atoms with E-state index >= 15 is 0 Å². The fraction of sp³-hybridized carbons (Fsp3) is 0.0500. The van der Waals surface area contributed by atoms with Crippen molar-refractivity contribution >= 4 is 5.97 Å². The molecule has 0 radical (unpaired) electrons. The molecule has 0 atom stereocenters. The topological polar surface area (TPSA) is 57.5 Å². The first-order chi connectivity index (χ1) is 11.2. The highest BCUT2D eigenvalue weighted by Crippen LogP contribution is 2.20. The third-order valence-electron chi connectivity index (χ3n) is 3.25. The molecule has 0 aliphatic carbocycles. The van der Waals surface area contributed by atoms with Gasteiger partial charge in [-0.15, -0.1) is 0 Å². The lowest BCUT2D eigenvalue weighted by atomic mass is 10.0. The van der Waals surface area contributed by atoms with E-state index in [4.69, 9.17) is 5.11 Å². The number of aromatic carboxylic acids is 1. The Kier molecular flexibility index (Phi) is 6.09. The molecule has 0 spiro atoms. The van der Waals surface area contributed by atoms with Crippen molar-refractivity contribution in [1.29, 1.82) is 0 Å². The lowest BCUT2D eigenvalue weighted by Crippen LogP contribution is -1.98. The zero-order valence-electron chi connectivity index (χ0n) is 12.5.